The van der Waals surface area contributed by atoms with Gasteiger partial charge in [-0.15, -0.1) is 0 Å². The van der Waals surface area contributed by atoms with Crippen molar-refractivity contribution >= 4 is 5.78 Å². The van der Waals surface area contributed by atoms with E-state index in [2.05, 4.69) is 46.8 Å². The van der Waals surface area contributed by atoms with E-state index in [1.54, 1.807) is 0 Å². The molecule has 0 bridgehead atoms. The van der Waals surface area contributed by atoms with Crippen molar-refractivity contribution in [3.63, 3.8) is 0 Å². The molecule has 3 saturated carbocycles. The number of hydrogen-bond donors (Lipinski definition) is 0. The molecule has 0 aromatic rings. The fraction of sp³-hybridized carbons (Fsp3) is 0.815. The maximum atomic E-state index is 12.0. The van der Waals surface area contributed by atoms with Crippen LogP contribution in [0.5, 0.6) is 0 Å². The van der Waals surface area contributed by atoms with Gasteiger partial charge in [-0.3, -0.25) is 4.79 Å². The molecule has 4 aliphatic carbocycles. The molecule has 0 amide bonds. The molecule has 0 aromatic carbocycles. The third kappa shape index (κ3) is 3.25. The summed E-state index contributed by atoms with van der Waals surface area (Å²) in [6.45, 7) is 12.3. The summed E-state index contributed by atoms with van der Waals surface area (Å²) < 4.78 is 0. The highest BCUT2D eigenvalue weighted by atomic mass is 16.1. The fourth-order valence-corrected chi connectivity index (χ4v) is 8.16. The normalized spacial score (nSPS) is 44.2. The van der Waals surface area contributed by atoms with Crippen LogP contribution >= 0.6 is 0 Å². The molecule has 28 heavy (non-hydrogen) atoms. The predicted octanol–water partition coefficient (Wildman–Crippen LogP) is 7.37. The minimum absolute atomic E-state index is 0.318. The zero-order valence-corrected chi connectivity index (χ0v) is 19.0. The molecule has 1 heteroatoms. The van der Waals surface area contributed by atoms with Crippen LogP contribution in [-0.2, 0) is 4.79 Å². The Morgan fingerprint density at radius 2 is 1.82 bits per heavy atom. The van der Waals surface area contributed by atoms with Gasteiger partial charge in [-0.1, -0.05) is 52.3 Å². The van der Waals surface area contributed by atoms with E-state index in [1.165, 1.54) is 50.5 Å². The van der Waals surface area contributed by atoms with Crippen LogP contribution in [0.15, 0.2) is 23.8 Å². The van der Waals surface area contributed by atoms with Crippen molar-refractivity contribution in [2.75, 3.05) is 0 Å². The van der Waals surface area contributed by atoms with Gasteiger partial charge in [0.2, 0.25) is 0 Å². The van der Waals surface area contributed by atoms with Crippen molar-refractivity contribution in [2.24, 2.45) is 46.3 Å². The van der Waals surface area contributed by atoms with E-state index in [-0.39, 0.29) is 0 Å². The van der Waals surface area contributed by atoms with Gasteiger partial charge in [0.25, 0.3) is 0 Å². The zero-order chi connectivity index (χ0) is 20.1. The molecule has 0 heterocycles. The highest BCUT2D eigenvalue weighted by molar-refractivity contribution is 5.91. The van der Waals surface area contributed by atoms with Gasteiger partial charge >= 0.3 is 0 Å². The van der Waals surface area contributed by atoms with Crippen molar-refractivity contribution in [1.82, 2.24) is 0 Å². The number of allylic oxidation sites excluding steroid dienone is 3. The Bertz CT molecular complexity index is 670. The van der Waals surface area contributed by atoms with Crippen LogP contribution in [0.2, 0.25) is 0 Å². The molecule has 4 aliphatic rings. The topological polar surface area (TPSA) is 17.1 Å². The molecule has 7 unspecified atom stereocenters. The van der Waals surface area contributed by atoms with E-state index in [9.17, 15) is 4.79 Å². The van der Waals surface area contributed by atoms with Crippen molar-refractivity contribution in [3.05, 3.63) is 23.8 Å². The molecule has 0 saturated heterocycles. The fourth-order valence-electron chi connectivity index (χ4n) is 8.16. The summed E-state index contributed by atoms with van der Waals surface area (Å²) >= 11 is 0. The number of hydrogen-bond acceptors (Lipinski definition) is 1. The van der Waals surface area contributed by atoms with E-state index < -0.39 is 0 Å². The molecule has 4 rings (SSSR count). The standard InChI is InChI=1S/C27H42O/c1-18(2)7-6-8-19(3)23-11-12-24-22-10-9-20-17-21(28)13-15-26(20,4)25(22)14-16-27(23,24)5/h6,8,17-19,22-25H,7,9-16H2,1-5H3/b8-6+. The lowest BCUT2D eigenvalue weighted by atomic mass is 9.46. The Balaban J connectivity index is 1.53. The summed E-state index contributed by atoms with van der Waals surface area (Å²) in [4.78, 5) is 12.0. The monoisotopic (exact) mass is 382 g/mol. The summed E-state index contributed by atoms with van der Waals surface area (Å²) in [5, 5.41) is 0. The number of ketones is 1. The van der Waals surface area contributed by atoms with Gasteiger partial charge in [-0.25, -0.2) is 0 Å². The Morgan fingerprint density at radius 1 is 1.04 bits per heavy atom. The highest BCUT2D eigenvalue weighted by Gasteiger charge is 2.59. The molecule has 156 valence electrons. The zero-order valence-electron chi connectivity index (χ0n) is 19.0. The molecule has 0 aliphatic heterocycles. The number of carbonyl (C=O) groups excluding carboxylic acids is 1. The summed E-state index contributed by atoms with van der Waals surface area (Å²) in [6, 6.07) is 0. The van der Waals surface area contributed by atoms with Crippen LogP contribution in [0.4, 0.5) is 0 Å². The smallest absolute Gasteiger partial charge is 0.155 e. The van der Waals surface area contributed by atoms with Crippen LogP contribution in [0.3, 0.4) is 0 Å². The van der Waals surface area contributed by atoms with Crippen LogP contribution in [0.25, 0.3) is 0 Å². The Morgan fingerprint density at radius 3 is 2.57 bits per heavy atom. The van der Waals surface area contributed by atoms with E-state index in [4.69, 9.17) is 0 Å². The second-order valence-electron chi connectivity index (χ2n) is 11.6. The van der Waals surface area contributed by atoms with E-state index in [0.717, 1.165) is 42.4 Å². The maximum Gasteiger partial charge on any atom is 0.155 e. The van der Waals surface area contributed by atoms with Crippen molar-refractivity contribution in [1.29, 1.82) is 0 Å². The number of carbonyl (C=O) groups is 1. The lowest BCUT2D eigenvalue weighted by molar-refractivity contribution is -0.117. The van der Waals surface area contributed by atoms with Gasteiger partial charge in [-0.05, 0) is 104 Å². The van der Waals surface area contributed by atoms with Crippen LogP contribution in [0.1, 0.15) is 92.4 Å². The minimum atomic E-state index is 0.318. The number of rotatable bonds is 4. The van der Waals surface area contributed by atoms with Gasteiger partial charge in [-0.2, -0.15) is 0 Å². The minimum Gasteiger partial charge on any atom is -0.295 e. The molecular formula is C27H42O. The van der Waals surface area contributed by atoms with Gasteiger partial charge in [0.1, 0.15) is 0 Å². The van der Waals surface area contributed by atoms with Crippen LogP contribution in [-0.4, -0.2) is 5.78 Å². The first-order valence-electron chi connectivity index (χ1n) is 12.2. The van der Waals surface area contributed by atoms with E-state index in [1.807, 2.05) is 6.08 Å². The third-order valence-corrected chi connectivity index (χ3v) is 9.72. The van der Waals surface area contributed by atoms with Crippen molar-refractivity contribution in [3.8, 4) is 0 Å². The molecule has 0 spiro atoms. The Kier molecular flexibility index (Phi) is 5.43. The molecule has 0 radical (unpaired) electrons. The summed E-state index contributed by atoms with van der Waals surface area (Å²) in [6.07, 6.45) is 18.3. The first-order valence-corrected chi connectivity index (χ1v) is 12.2. The average molecular weight is 383 g/mol. The molecule has 0 aromatic heterocycles. The molecule has 7 atom stereocenters. The second kappa shape index (κ2) is 7.44. The first-order chi connectivity index (χ1) is 13.3. The molecule has 3 fully saturated rings. The van der Waals surface area contributed by atoms with E-state index in [0.29, 0.717) is 22.5 Å². The largest absolute Gasteiger partial charge is 0.295 e. The van der Waals surface area contributed by atoms with Crippen molar-refractivity contribution < 1.29 is 4.79 Å². The second-order valence-corrected chi connectivity index (χ2v) is 11.6. The number of fused-ring (bicyclic) bond motifs is 5. The van der Waals surface area contributed by atoms with Gasteiger partial charge < -0.3 is 0 Å². The lowest BCUT2D eigenvalue weighted by Gasteiger charge is -2.58. The predicted molar refractivity (Wildman–Crippen MR) is 118 cm³/mol. The average Bonchev–Trinajstić information content (AvgIpc) is 2.99. The molecular weight excluding hydrogens is 340 g/mol. The quantitative estimate of drug-likeness (QED) is 0.464. The van der Waals surface area contributed by atoms with Gasteiger partial charge in [0, 0.05) is 6.42 Å². The SMILES string of the molecule is CC(C)C/C=C/C(C)C1CCC2C3CCC4=CC(=O)CCC4(C)C3CCC12C. The molecule has 1 nitrogen and oxygen atoms in total. The summed E-state index contributed by atoms with van der Waals surface area (Å²) in [7, 11) is 0. The lowest BCUT2D eigenvalue weighted by Crippen LogP contribution is -2.50. The summed E-state index contributed by atoms with van der Waals surface area (Å²) in [5.41, 5.74) is 2.36. The van der Waals surface area contributed by atoms with Gasteiger partial charge in [0.05, 0.1) is 0 Å². The van der Waals surface area contributed by atoms with Crippen LogP contribution < -0.4 is 0 Å². The van der Waals surface area contributed by atoms with Crippen LogP contribution in [0, 0.1) is 46.3 Å². The molecule has 0 N–H and O–H groups in total. The first kappa shape index (κ1) is 20.4. The maximum absolute atomic E-state index is 12.0. The highest BCUT2D eigenvalue weighted by Crippen LogP contribution is 2.67. The van der Waals surface area contributed by atoms with Crippen molar-refractivity contribution in [2.45, 2.75) is 92.4 Å². The van der Waals surface area contributed by atoms with E-state index >= 15 is 0 Å². The van der Waals surface area contributed by atoms with Gasteiger partial charge in [0.15, 0.2) is 5.78 Å². The Labute approximate surface area is 173 Å². The Hall–Kier alpha value is -0.850. The third-order valence-electron chi connectivity index (χ3n) is 9.72. The summed E-state index contributed by atoms with van der Waals surface area (Å²) in [5.74, 6) is 5.35.